The van der Waals surface area contributed by atoms with Crippen molar-refractivity contribution in [3.8, 4) is 11.5 Å². The van der Waals surface area contributed by atoms with Crippen LogP contribution in [0.15, 0.2) is 18.2 Å². The Kier molecular flexibility index (Phi) is 5.51. The minimum Gasteiger partial charge on any atom is -0.614 e. The molecule has 156 valence electrons. The first-order chi connectivity index (χ1) is 13.0. The number of amides is 1. The molecule has 1 aromatic carbocycles. The third-order valence-electron chi connectivity index (χ3n) is 5.81. The van der Waals surface area contributed by atoms with Crippen LogP contribution in [0.25, 0.3) is 0 Å². The molecule has 1 N–H and O–H groups in total. The fraction of sp³-hybridized carbons (Fsp3) is 0.650. The fourth-order valence-electron chi connectivity index (χ4n) is 4.27. The van der Waals surface area contributed by atoms with E-state index in [0.29, 0.717) is 31.9 Å². The lowest BCUT2D eigenvalue weighted by molar-refractivity contribution is -0.137. The second-order valence-electron chi connectivity index (χ2n) is 8.71. The maximum absolute atomic E-state index is 13.2. The third kappa shape index (κ3) is 3.42. The number of ether oxygens (including phenoxy) is 1. The molecule has 0 radical (unpaired) electrons. The van der Waals surface area contributed by atoms with Crippen molar-refractivity contribution < 1.29 is 23.4 Å². The van der Waals surface area contributed by atoms with Crippen LogP contribution < -0.4 is 4.74 Å². The summed E-state index contributed by atoms with van der Waals surface area (Å²) in [6.07, 6.45) is 0. The Hall–Kier alpha value is -1.64. The van der Waals surface area contributed by atoms with Crippen LogP contribution in [0, 0.1) is 5.92 Å². The smallest absolute Gasteiger partial charge is 0.278 e. The van der Waals surface area contributed by atoms with E-state index in [1.54, 1.807) is 17.0 Å². The van der Waals surface area contributed by atoms with Crippen molar-refractivity contribution in [2.45, 2.75) is 50.3 Å². The van der Waals surface area contributed by atoms with Crippen LogP contribution in [-0.2, 0) is 25.8 Å². The van der Waals surface area contributed by atoms with Crippen molar-refractivity contribution >= 4 is 16.1 Å². The van der Waals surface area contributed by atoms with Crippen LogP contribution in [0.5, 0.6) is 11.5 Å². The Labute approximate surface area is 167 Å². The summed E-state index contributed by atoms with van der Waals surface area (Å²) in [6, 6.07) is 4.86. The van der Waals surface area contributed by atoms with E-state index in [9.17, 15) is 18.7 Å². The summed E-state index contributed by atoms with van der Waals surface area (Å²) in [4.78, 5) is 16.8. The Balaban J connectivity index is 1.86. The first kappa shape index (κ1) is 21.1. The van der Waals surface area contributed by atoms with Crippen LogP contribution in [0.1, 0.15) is 33.3 Å². The molecule has 0 aromatic heterocycles. The molecular weight excluding hydrogens is 380 g/mol. The first-order valence-corrected chi connectivity index (χ1v) is 11.2. The standard InChI is InChI=1S/C20H30N2O5S/c1-13(2)9-22-15-11-21(10-14-6-7-17(27-5)16(23)8-14)12-18(15)28(25,26)20(3,4)19(22)24/h6-8,13,15,18H,9-12H2,1-5H3,(H-,23,25,26)/t15-,18+/m0/s1. The molecule has 0 aliphatic carbocycles. The second-order valence-corrected chi connectivity index (χ2v) is 11.4. The molecule has 3 atom stereocenters. The molecule has 2 fully saturated rings. The number of rotatable bonds is 5. The number of aromatic hydroxyl groups is 1. The van der Waals surface area contributed by atoms with Gasteiger partial charge in [-0.3, -0.25) is 9.69 Å². The molecule has 1 amide bonds. The number of benzene rings is 1. The predicted octanol–water partition coefficient (Wildman–Crippen LogP) is 1.86. The lowest BCUT2D eigenvalue weighted by atomic mass is 10.1. The number of sulfone groups is 1. The molecule has 2 heterocycles. The average Bonchev–Trinajstić information content (AvgIpc) is 3.02. The zero-order valence-electron chi connectivity index (χ0n) is 17.2. The lowest BCUT2D eigenvalue weighted by Gasteiger charge is -2.47. The molecular formula is C20H30N2O5S. The summed E-state index contributed by atoms with van der Waals surface area (Å²) >= 11 is 0. The summed E-state index contributed by atoms with van der Waals surface area (Å²) in [5.74, 6) is 0.416. The SMILES string of the molecule is COc1ccc(CN2C[C@@H]3[C@H](C2)N(CC(C)C)C(=O)C(C)(C)[S+]3(=O)[O-])cc1O. The number of carbonyl (C=O) groups excluding carboxylic acids is 1. The van der Waals surface area contributed by atoms with Crippen LogP contribution >= 0.6 is 0 Å². The van der Waals surface area contributed by atoms with E-state index in [4.69, 9.17) is 4.74 Å². The van der Waals surface area contributed by atoms with E-state index < -0.39 is 20.2 Å². The fourth-order valence-corrected chi connectivity index (χ4v) is 6.44. The van der Waals surface area contributed by atoms with Gasteiger partial charge in [-0.25, -0.2) is 0 Å². The summed E-state index contributed by atoms with van der Waals surface area (Å²) in [6.45, 7) is 9.06. The van der Waals surface area contributed by atoms with Gasteiger partial charge in [0, 0.05) is 26.2 Å². The highest BCUT2D eigenvalue weighted by Gasteiger charge is 2.63. The van der Waals surface area contributed by atoms with Gasteiger partial charge < -0.3 is 19.3 Å². The van der Waals surface area contributed by atoms with Gasteiger partial charge in [0.2, 0.25) is 4.75 Å². The molecule has 0 spiro atoms. The molecule has 7 nitrogen and oxygen atoms in total. The Morgan fingerprint density at radius 3 is 2.61 bits per heavy atom. The van der Waals surface area contributed by atoms with Crippen molar-refractivity contribution in [1.82, 2.24) is 9.80 Å². The summed E-state index contributed by atoms with van der Waals surface area (Å²) in [7, 11) is -2.11. The molecule has 28 heavy (non-hydrogen) atoms. The van der Waals surface area contributed by atoms with Gasteiger partial charge in [-0.15, -0.1) is 4.21 Å². The molecule has 0 bridgehead atoms. The first-order valence-electron chi connectivity index (χ1n) is 9.61. The zero-order chi connectivity index (χ0) is 20.9. The quantitative estimate of drug-likeness (QED) is 0.745. The lowest BCUT2D eigenvalue weighted by Crippen LogP contribution is -2.68. The van der Waals surface area contributed by atoms with Gasteiger partial charge in [0.05, 0.1) is 23.4 Å². The highest BCUT2D eigenvalue weighted by atomic mass is 32.3. The Bertz CT molecular complexity index is 810. The Morgan fingerprint density at radius 2 is 2.04 bits per heavy atom. The number of phenolic OH excluding ortho intramolecular Hbond substituents is 1. The highest BCUT2D eigenvalue weighted by molar-refractivity contribution is 8.00. The number of methoxy groups -OCH3 is 1. The zero-order valence-corrected chi connectivity index (χ0v) is 18.0. The Morgan fingerprint density at radius 1 is 1.36 bits per heavy atom. The maximum Gasteiger partial charge on any atom is 0.278 e. The molecule has 8 heteroatoms. The topological polar surface area (TPSA) is 93.1 Å². The second kappa shape index (κ2) is 7.31. The molecule has 1 unspecified atom stereocenters. The van der Waals surface area contributed by atoms with Gasteiger partial charge in [-0.2, -0.15) is 0 Å². The predicted molar refractivity (Wildman–Crippen MR) is 107 cm³/mol. The average molecular weight is 411 g/mol. The molecule has 3 rings (SSSR count). The van der Waals surface area contributed by atoms with Crippen molar-refractivity contribution in [3.63, 3.8) is 0 Å². The van der Waals surface area contributed by atoms with Gasteiger partial charge in [0.15, 0.2) is 16.7 Å². The van der Waals surface area contributed by atoms with E-state index in [1.807, 2.05) is 19.9 Å². The summed E-state index contributed by atoms with van der Waals surface area (Å²) in [5, 5.41) is 9.42. The van der Waals surface area contributed by atoms with E-state index in [1.165, 1.54) is 21.0 Å². The van der Waals surface area contributed by atoms with Crippen LogP contribution in [-0.4, -0.2) is 68.1 Å². The van der Waals surface area contributed by atoms with Gasteiger partial charge in [0.1, 0.15) is 0 Å². The largest absolute Gasteiger partial charge is 0.614 e. The molecule has 0 saturated carbocycles. The summed E-state index contributed by atoms with van der Waals surface area (Å²) < 4.78 is 30.0. The number of hydrogen-bond donors (Lipinski definition) is 1. The number of hydrogen-bond acceptors (Lipinski definition) is 6. The van der Waals surface area contributed by atoms with Crippen LogP contribution in [0.2, 0.25) is 0 Å². The number of nitrogens with zero attached hydrogens (tertiary/aromatic N) is 2. The van der Waals surface area contributed by atoms with Crippen molar-refractivity contribution in [2.75, 3.05) is 26.7 Å². The molecule has 1 aromatic rings. The molecule has 2 saturated heterocycles. The monoisotopic (exact) mass is 410 g/mol. The minimum absolute atomic E-state index is 0.0574. The van der Waals surface area contributed by atoms with Crippen LogP contribution in [0.3, 0.4) is 0 Å². The number of carbonyl (C=O) groups is 1. The van der Waals surface area contributed by atoms with Gasteiger partial charge in [0.25, 0.3) is 5.91 Å². The maximum atomic E-state index is 13.2. The van der Waals surface area contributed by atoms with E-state index in [-0.39, 0.29) is 23.6 Å². The number of phenols is 1. The van der Waals surface area contributed by atoms with Gasteiger partial charge in [-0.1, -0.05) is 19.9 Å². The highest BCUT2D eigenvalue weighted by Crippen LogP contribution is 2.41. The number of fused-ring (bicyclic) bond motifs is 1. The van der Waals surface area contributed by atoms with Crippen molar-refractivity contribution in [1.29, 1.82) is 0 Å². The van der Waals surface area contributed by atoms with E-state index in [0.717, 1.165) is 5.56 Å². The van der Waals surface area contributed by atoms with Gasteiger partial charge in [-0.05, 0) is 37.5 Å². The van der Waals surface area contributed by atoms with Gasteiger partial charge >= 0.3 is 0 Å². The molecule has 2 aliphatic heterocycles. The third-order valence-corrected chi connectivity index (χ3v) is 8.67. The van der Waals surface area contributed by atoms with Crippen molar-refractivity contribution in [2.24, 2.45) is 5.92 Å². The minimum atomic E-state index is -3.60. The number of likely N-dealkylation sites (tertiary alicyclic amines) is 1. The van der Waals surface area contributed by atoms with E-state index in [2.05, 4.69) is 4.90 Å². The summed E-state index contributed by atoms with van der Waals surface area (Å²) in [5.41, 5.74) is 0.871. The van der Waals surface area contributed by atoms with E-state index >= 15 is 0 Å². The van der Waals surface area contributed by atoms with Crippen molar-refractivity contribution in [3.05, 3.63) is 23.8 Å². The van der Waals surface area contributed by atoms with Crippen LogP contribution in [0.4, 0.5) is 0 Å². The molecule has 2 aliphatic rings. The normalized spacial score (nSPS) is 30.0.